The van der Waals surface area contributed by atoms with Crippen LogP contribution in [0.2, 0.25) is 0 Å². The number of aliphatic hydroxyl groups is 1. The fourth-order valence-electron chi connectivity index (χ4n) is 4.90. The predicted molar refractivity (Wildman–Crippen MR) is 153 cm³/mol. The summed E-state index contributed by atoms with van der Waals surface area (Å²) in [7, 11) is 1.45. The number of halogens is 1. The standard InChI is InChI=1S/C30H36BFN5O3/c1-7-21-17-25(28(38)36-15-9-14-35-13-8-10-26(35)19(36)2)33-27-18-24(34-37(21)27)22-12-11-20(16-23(22)32)31-40-30(5,6)29(3,4)39/h8,10-13,16-19,39H,7,9,14-15H2,1-6H3. The summed E-state index contributed by atoms with van der Waals surface area (Å²) in [6.45, 7) is 12.4. The maximum atomic E-state index is 15.3. The molecule has 1 amide bonds. The molecule has 1 atom stereocenters. The molecule has 1 radical (unpaired) electrons. The minimum Gasteiger partial charge on any atom is -0.427 e. The first-order valence-corrected chi connectivity index (χ1v) is 13.8. The van der Waals surface area contributed by atoms with Gasteiger partial charge in [-0.15, -0.1) is 0 Å². The first kappa shape index (κ1) is 28.0. The summed E-state index contributed by atoms with van der Waals surface area (Å²) >= 11 is 0. The van der Waals surface area contributed by atoms with Crippen LogP contribution in [0.15, 0.2) is 48.7 Å². The summed E-state index contributed by atoms with van der Waals surface area (Å²) in [5.74, 6) is -0.584. The lowest BCUT2D eigenvalue weighted by Gasteiger charge is -2.37. The van der Waals surface area contributed by atoms with Crippen molar-refractivity contribution >= 4 is 24.5 Å². The van der Waals surface area contributed by atoms with Crippen molar-refractivity contribution in [2.75, 3.05) is 6.54 Å². The number of nitrogens with zero attached hydrogens (tertiary/aromatic N) is 5. The van der Waals surface area contributed by atoms with Crippen LogP contribution in [0.5, 0.6) is 0 Å². The Hall–Kier alpha value is -3.50. The zero-order valence-corrected chi connectivity index (χ0v) is 24.0. The summed E-state index contributed by atoms with van der Waals surface area (Å²) in [5, 5.41) is 14.9. The molecular formula is C30H36BFN5O3. The van der Waals surface area contributed by atoms with E-state index in [2.05, 4.69) is 26.9 Å². The second-order valence-electron chi connectivity index (χ2n) is 11.5. The van der Waals surface area contributed by atoms with E-state index in [0.717, 1.165) is 24.4 Å². The van der Waals surface area contributed by atoms with Crippen molar-refractivity contribution in [2.24, 2.45) is 0 Å². The zero-order chi connectivity index (χ0) is 28.8. The molecule has 0 aliphatic carbocycles. The lowest BCUT2D eigenvalue weighted by atomic mass is 9.82. The second-order valence-corrected chi connectivity index (χ2v) is 11.5. The van der Waals surface area contributed by atoms with Crippen LogP contribution in [-0.2, 0) is 17.6 Å². The number of fused-ring (bicyclic) bond motifs is 2. The van der Waals surface area contributed by atoms with Crippen LogP contribution >= 0.6 is 0 Å². The monoisotopic (exact) mass is 544 g/mol. The van der Waals surface area contributed by atoms with Gasteiger partial charge in [-0.25, -0.2) is 13.9 Å². The molecule has 0 fully saturated rings. The van der Waals surface area contributed by atoms with Crippen molar-refractivity contribution in [2.45, 2.75) is 78.2 Å². The molecule has 1 aliphatic rings. The molecule has 1 N–H and O–H groups in total. The molecule has 4 aromatic rings. The van der Waals surface area contributed by atoms with Crippen LogP contribution in [0.1, 0.15) is 75.9 Å². The van der Waals surface area contributed by atoms with E-state index in [-0.39, 0.29) is 11.9 Å². The highest BCUT2D eigenvalue weighted by atomic mass is 19.1. The molecule has 0 spiro atoms. The largest absolute Gasteiger partial charge is 0.427 e. The predicted octanol–water partition coefficient (Wildman–Crippen LogP) is 4.32. The highest BCUT2D eigenvalue weighted by molar-refractivity contribution is 6.47. The highest BCUT2D eigenvalue weighted by Gasteiger charge is 2.36. The van der Waals surface area contributed by atoms with Gasteiger partial charge in [0, 0.05) is 42.3 Å². The average Bonchev–Trinajstić information content (AvgIpc) is 3.52. The van der Waals surface area contributed by atoms with E-state index in [4.69, 9.17) is 4.65 Å². The molecule has 0 bridgehead atoms. The molecule has 8 nitrogen and oxygen atoms in total. The van der Waals surface area contributed by atoms with Crippen molar-refractivity contribution in [1.82, 2.24) is 24.1 Å². The van der Waals surface area contributed by atoms with Crippen molar-refractivity contribution < 1.29 is 18.9 Å². The molecule has 209 valence electrons. The molecule has 10 heteroatoms. The Morgan fingerprint density at radius 1 is 1.18 bits per heavy atom. The molecule has 3 aromatic heterocycles. The molecule has 4 heterocycles. The van der Waals surface area contributed by atoms with Gasteiger partial charge in [-0.1, -0.05) is 24.5 Å². The fourth-order valence-corrected chi connectivity index (χ4v) is 4.90. The maximum Gasteiger partial charge on any atom is 0.331 e. The Kier molecular flexibility index (Phi) is 7.35. The lowest BCUT2D eigenvalue weighted by molar-refractivity contribution is -0.0893. The Balaban J connectivity index is 1.42. The van der Waals surface area contributed by atoms with Gasteiger partial charge in [0.05, 0.1) is 22.9 Å². The van der Waals surface area contributed by atoms with E-state index in [1.54, 1.807) is 56.5 Å². The number of aromatic nitrogens is 4. The summed E-state index contributed by atoms with van der Waals surface area (Å²) < 4.78 is 24.9. The number of hydrogen-bond acceptors (Lipinski definition) is 5. The quantitative estimate of drug-likeness (QED) is 0.351. The van der Waals surface area contributed by atoms with Crippen LogP contribution in [0.25, 0.3) is 16.9 Å². The molecule has 1 unspecified atom stereocenters. The number of rotatable bonds is 7. The lowest BCUT2D eigenvalue weighted by Crippen LogP contribution is -2.49. The third kappa shape index (κ3) is 5.18. The van der Waals surface area contributed by atoms with Gasteiger partial charge in [-0.2, -0.15) is 5.10 Å². The van der Waals surface area contributed by atoms with Crippen molar-refractivity contribution in [1.29, 1.82) is 0 Å². The van der Waals surface area contributed by atoms with E-state index in [1.165, 1.54) is 13.5 Å². The van der Waals surface area contributed by atoms with Crippen LogP contribution in [-0.4, -0.2) is 60.3 Å². The van der Waals surface area contributed by atoms with Crippen LogP contribution in [0.4, 0.5) is 4.39 Å². The molecule has 5 rings (SSSR count). The summed E-state index contributed by atoms with van der Waals surface area (Å²) in [5.41, 5.74) is 2.11. The fraction of sp³-hybridized carbons (Fsp3) is 0.433. The summed E-state index contributed by atoms with van der Waals surface area (Å²) in [6, 6.07) is 12.3. The topological polar surface area (TPSA) is 84.9 Å². The van der Waals surface area contributed by atoms with Gasteiger partial charge in [0.1, 0.15) is 11.5 Å². The van der Waals surface area contributed by atoms with Crippen molar-refractivity contribution in [3.05, 3.63) is 71.6 Å². The van der Waals surface area contributed by atoms with Gasteiger partial charge in [0.2, 0.25) is 0 Å². The SMILES string of the molecule is CCc1cc(C(=O)N2CCCn3cccc3C2C)nc2cc(-c3ccc([B]OC(C)(C)C(C)(C)O)cc3F)nn12. The molecule has 0 saturated carbocycles. The van der Waals surface area contributed by atoms with Crippen LogP contribution in [0, 0.1) is 5.82 Å². The summed E-state index contributed by atoms with van der Waals surface area (Å²) in [4.78, 5) is 20.3. The van der Waals surface area contributed by atoms with E-state index in [1.807, 2.05) is 24.8 Å². The number of benzene rings is 1. The van der Waals surface area contributed by atoms with E-state index in [0.29, 0.717) is 41.0 Å². The minimum atomic E-state index is -1.08. The van der Waals surface area contributed by atoms with Gasteiger partial charge in [0.25, 0.3) is 5.91 Å². The van der Waals surface area contributed by atoms with Crippen LogP contribution in [0.3, 0.4) is 0 Å². The number of carbonyl (C=O) groups excluding carboxylic acids is 1. The van der Waals surface area contributed by atoms with Gasteiger partial charge in [0.15, 0.2) is 5.65 Å². The summed E-state index contributed by atoms with van der Waals surface area (Å²) in [6.07, 6.45) is 3.55. The van der Waals surface area contributed by atoms with Gasteiger partial charge < -0.3 is 19.2 Å². The minimum absolute atomic E-state index is 0.0732. The highest BCUT2D eigenvalue weighted by Crippen LogP contribution is 2.28. The third-order valence-electron chi connectivity index (χ3n) is 8.13. The smallest absolute Gasteiger partial charge is 0.331 e. The van der Waals surface area contributed by atoms with Gasteiger partial charge >= 0.3 is 7.48 Å². The maximum absolute atomic E-state index is 15.3. The number of carbonyl (C=O) groups is 1. The van der Waals surface area contributed by atoms with E-state index < -0.39 is 17.0 Å². The van der Waals surface area contributed by atoms with Gasteiger partial charge in [-0.05, 0) is 71.7 Å². The number of aryl methyl sites for hydroxylation is 2. The van der Waals surface area contributed by atoms with Crippen LogP contribution < -0.4 is 5.46 Å². The van der Waals surface area contributed by atoms with Gasteiger partial charge in [-0.3, -0.25) is 4.79 Å². The first-order valence-electron chi connectivity index (χ1n) is 13.8. The Labute approximate surface area is 235 Å². The Bertz CT molecular complexity index is 1550. The second kappa shape index (κ2) is 10.5. The van der Waals surface area contributed by atoms with E-state index in [9.17, 15) is 9.90 Å². The molecule has 1 aromatic carbocycles. The Morgan fingerprint density at radius 2 is 1.95 bits per heavy atom. The third-order valence-corrected chi connectivity index (χ3v) is 8.13. The molecular weight excluding hydrogens is 508 g/mol. The molecule has 1 aliphatic heterocycles. The zero-order valence-electron chi connectivity index (χ0n) is 24.0. The number of hydrogen-bond donors (Lipinski definition) is 1. The Morgan fingerprint density at radius 3 is 2.65 bits per heavy atom. The number of amides is 1. The average molecular weight is 544 g/mol. The molecule has 0 saturated heterocycles. The first-order chi connectivity index (χ1) is 18.9. The normalized spacial score (nSPS) is 16.2. The van der Waals surface area contributed by atoms with E-state index >= 15 is 4.39 Å². The van der Waals surface area contributed by atoms with Crippen molar-refractivity contribution in [3.63, 3.8) is 0 Å². The molecule has 40 heavy (non-hydrogen) atoms. The van der Waals surface area contributed by atoms with Crippen molar-refractivity contribution in [3.8, 4) is 11.3 Å².